The fourth-order valence-electron chi connectivity index (χ4n) is 1.69. The molecule has 0 aliphatic heterocycles. The molecule has 0 bridgehead atoms. The Hall–Kier alpha value is -1.26. The van der Waals surface area contributed by atoms with Crippen molar-refractivity contribution in [3.63, 3.8) is 0 Å². The molecular formula is C14H8BrClF2O. The van der Waals surface area contributed by atoms with Crippen LogP contribution in [0.1, 0.15) is 15.9 Å². The summed E-state index contributed by atoms with van der Waals surface area (Å²) in [5.41, 5.74) is 0.417. The van der Waals surface area contributed by atoms with Crippen LogP contribution >= 0.6 is 27.5 Å². The quantitative estimate of drug-likeness (QED) is 0.730. The molecule has 5 heteroatoms. The molecule has 19 heavy (non-hydrogen) atoms. The van der Waals surface area contributed by atoms with Crippen molar-refractivity contribution in [2.75, 3.05) is 0 Å². The number of hydrogen-bond donors (Lipinski definition) is 0. The van der Waals surface area contributed by atoms with Gasteiger partial charge in [-0.2, -0.15) is 0 Å². The van der Waals surface area contributed by atoms with Crippen LogP contribution in [0.5, 0.6) is 0 Å². The summed E-state index contributed by atoms with van der Waals surface area (Å²) in [6.07, 6.45) is -0.0897. The average molecular weight is 346 g/mol. The lowest BCUT2D eigenvalue weighted by Gasteiger charge is -2.06. The second-order valence-electron chi connectivity index (χ2n) is 3.95. The van der Waals surface area contributed by atoms with E-state index in [1.165, 1.54) is 30.3 Å². The molecule has 0 unspecified atom stereocenters. The molecule has 0 heterocycles. The van der Waals surface area contributed by atoms with Crippen molar-refractivity contribution in [1.29, 1.82) is 0 Å². The van der Waals surface area contributed by atoms with Gasteiger partial charge in [0.15, 0.2) is 5.78 Å². The monoisotopic (exact) mass is 344 g/mol. The third-order valence-electron chi connectivity index (χ3n) is 2.59. The summed E-state index contributed by atoms with van der Waals surface area (Å²) >= 11 is 8.69. The van der Waals surface area contributed by atoms with E-state index in [0.717, 1.165) is 0 Å². The van der Waals surface area contributed by atoms with Gasteiger partial charge in [0.25, 0.3) is 0 Å². The van der Waals surface area contributed by atoms with Gasteiger partial charge in [-0.1, -0.05) is 23.7 Å². The standard InChI is InChI=1S/C14H8BrClF2O/c15-9-2-1-3-11(17)14(9)13(19)7-8-4-5-10(16)12(18)6-8/h1-6H,7H2. The zero-order valence-corrected chi connectivity index (χ0v) is 11.9. The molecule has 98 valence electrons. The van der Waals surface area contributed by atoms with Crippen molar-refractivity contribution < 1.29 is 13.6 Å². The summed E-state index contributed by atoms with van der Waals surface area (Å²) in [6, 6.07) is 8.38. The van der Waals surface area contributed by atoms with Crippen molar-refractivity contribution in [3.8, 4) is 0 Å². The minimum absolute atomic E-state index is 0.0109. The van der Waals surface area contributed by atoms with Crippen molar-refractivity contribution in [2.24, 2.45) is 0 Å². The Morgan fingerprint density at radius 3 is 2.53 bits per heavy atom. The Bertz CT molecular complexity index is 623. The lowest BCUT2D eigenvalue weighted by atomic mass is 10.0. The first-order valence-electron chi connectivity index (χ1n) is 5.40. The van der Waals surface area contributed by atoms with Crippen LogP contribution in [0.4, 0.5) is 8.78 Å². The molecule has 0 spiro atoms. The fourth-order valence-corrected chi connectivity index (χ4v) is 2.37. The lowest BCUT2D eigenvalue weighted by Crippen LogP contribution is -2.07. The Kier molecular flexibility index (Phi) is 4.32. The Morgan fingerprint density at radius 1 is 1.16 bits per heavy atom. The molecule has 0 aliphatic rings. The van der Waals surface area contributed by atoms with Crippen molar-refractivity contribution >= 4 is 33.3 Å². The van der Waals surface area contributed by atoms with Crippen LogP contribution in [-0.4, -0.2) is 5.78 Å². The number of carbonyl (C=O) groups is 1. The molecule has 0 saturated heterocycles. The summed E-state index contributed by atoms with van der Waals surface area (Å²) in [5, 5.41) is -0.0109. The van der Waals surface area contributed by atoms with E-state index in [9.17, 15) is 13.6 Å². The number of Topliss-reactive ketones (excluding diaryl/α,β-unsaturated/α-hetero) is 1. The van der Waals surface area contributed by atoms with Gasteiger partial charge in [-0.15, -0.1) is 0 Å². The van der Waals surface area contributed by atoms with Crippen LogP contribution in [0.2, 0.25) is 5.02 Å². The second-order valence-corrected chi connectivity index (χ2v) is 5.21. The first-order valence-corrected chi connectivity index (χ1v) is 6.57. The molecule has 1 nitrogen and oxygen atoms in total. The molecule has 0 N–H and O–H groups in total. The summed E-state index contributed by atoms with van der Waals surface area (Å²) in [5.74, 6) is -1.62. The van der Waals surface area contributed by atoms with Crippen molar-refractivity contribution in [3.05, 3.63) is 68.7 Å². The van der Waals surface area contributed by atoms with E-state index in [4.69, 9.17) is 11.6 Å². The number of hydrogen-bond acceptors (Lipinski definition) is 1. The average Bonchev–Trinajstić information content (AvgIpc) is 2.33. The maximum atomic E-state index is 13.6. The minimum Gasteiger partial charge on any atom is -0.294 e. The molecule has 0 amide bonds. The van der Waals surface area contributed by atoms with E-state index in [1.807, 2.05) is 0 Å². The van der Waals surface area contributed by atoms with Crippen molar-refractivity contribution in [2.45, 2.75) is 6.42 Å². The lowest BCUT2D eigenvalue weighted by molar-refractivity contribution is 0.0988. The van der Waals surface area contributed by atoms with Gasteiger partial charge in [-0.05, 0) is 45.8 Å². The zero-order valence-electron chi connectivity index (χ0n) is 9.59. The van der Waals surface area contributed by atoms with Gasteiger partial charge in [-0.3, -0.25) is 4.79 Å². The topological polar surface area (TPSA) is 17.1 Å². The van der Waals surface area contributed by atoms with Crippen LogP contribution in [-0.2, 0) is 6.42 Å². The largest absolute Gasteiger partial charge is 0.294 e. The highest BCUT2D eigenvalue weighted by atomic mass is 79.9. The zero-order chi connectivity index (χ0) is 14.0. The van der Waals surface area contributed by atoms with Crippen LogP contribution in [0.3, 0.4) is 0 Å². The number of halogens is 4. The highest BCUT2D eigenvalue weighted by molar-refractivity contribution is 9.10. The van der Waals surface area contributed by atoms with Gasteiger partial charge in [-0.25, -0.2) is 8.78 Å². The predicted octanol–water partition coefficient (Wildman–Crippen LogP) is 4.81. The molecule has 0 radical (unpaired) electrons. The SMILES string of the molecule is O=C(Cc1ccc(Cl)c(F)c1)c1c(F)cccc1Br. The summed E-state index contributed by atoms with van der Waals surface area (Å²) in [4.78, 5) is 12.0. The van der Waals surface area contributed by atoms with E-state index in [-0.39, 0.29) is 17.0 Å². The third kappa shape index (κ3) is 3.19. The molecule has 2 rings (SSSR count). The summed E-state index contributed by atoms with van der Waals surface area (Å²) in [7, 11) is 0. The molecule has 2 aromatic rings. The van der Waals surface area contributed by atoms with Gasteiger partial charge >= 0.3 is 0 Å². The van der Waals surface area contributed by atoms with Gasteiger partial charge in [0.1, 0.15) is 11.6 Å². The Labute approximate surface area is 122 Å². The number of ketones is 1. The number of carbonyl (C=O) groups excluding carboxylic acids is 1. The van der Waals surface area contributed by atoms with E-state index < -0.39 is 17.4 Å². The second kappa shape index (κ2) is 5.80. The predicted molar refractivity (Wildman–Crippen MR) is 73.5 cm³/mol. The van der Waals surface area contributed by atoms with E-state index in [0.29, 0.717) is 10.0 Å². The van der Waals surface area contributed by atoms with Gasteiger partial charge in [0, 0.05) is 10.9 Å². The van der Waals surface area contributed by atoms with Crippen LogP contribution in [0, 0.1) is 11.6 Å². The van der Waals surface area contributed by atoms with Crippen LogP contribution in [0.15, 0.2) is 40.9 Å². The first kappa shape index (κ1) is 14.2. The summed E-state index contributed by atoms with van der Waals surface area (Å²) < 4.78 is 27.2. The van der Waals surface area contributed by atoms with Gasteiger partial charge in [0.2, 0.25) is 0 Å². The Morgan fingerprint density at radius 2 is 1.89 bits per heavy atom. The maximum Gasteiger partial charge on any atom is 0.171 e. The molecule has 0 fully saturated rings. The molecule has 2 aromatic carbocycles. The molecule has 0 atom stereocenters. The fraction of sp³-hybridized carbons (Fsp3) is 0.0714. The highest BCUT2D eigenvalue weighted by Crippen LogP contribution is 2.22. The summed E-state index contributed by atoms with van der Waals surface area (Å²) in [6.45, 7) is 0. The van der Waals surface area contributed by atoms with Gasteiger partial charge < -0.3 is 0 Å². The number of rotatable bonds is 3. The van der Waals surface area contributed by atoms with Gasteiger partial charge in [0.05, 0.1) is 10.6 Å². The highest BCUT2D eigenvalue weighted by Gasteiger charge is 2.16. The number of benzene rings is 2. The molecule has 0 aliphatic carbocycles. The van der Waals surface area contributed by atoms with E-state index in [1.54, 1.807) is 6.07 Å². The normalized spacial score (nSPS) is 10.5. The molecule has 0 saturated carbocycles. The molecular weight excluding hydrogens is 338 g/mol. The van der Waals surface area contributed by atoms with Crippen LogP contribution in [0.25, 0.3) is 0 Å². The van der Waals surface area contributed by atoms with E-state index >= 15 is 0 Å². The van der Waals surface area contributed by atoms with Crippen molar-refractivity contribution in [1.82, 2.24) is 0 Å². The Balaban J connectivity index is 2.28. The first-order chi connectivity index (χ1) is 8.99. The maximum absolute atomic E-state index is 13.6. The van der Waals surface area contributed by atoms with Crippen LogP contribution < -0.4 is 0 Å². The van der Waals surface area contributed by atoms with E-state index in [2.05, 4.69) is 15.9 Å². The minimum atomic E-state index is -0.603. The third-order valence-corrected chi connectivity index (χ3v) is 3.56. The smallest absolute Gasteiger partial charge is 0.171 e. The molecule has 0 aromatic heterocycles.